The van der Waals surface area contributed by atoms with E-state index in [2.05, 4.69) is 0 Å². The van der Waals surface area contributed by atoms with Crippen LogP contribution in [0.1, 0.15) is 24.9 Å². The van der Waals surface area contributed by atoms with Crippen LogP contribution in [0, 0.1) is 0 Å². The van der Waals surface area contributed by atoms with E-state index in [1.165, 1.54) is 0 Å². The molecular weight excluding hydrogens is 299 g/mol. The summed E-state index contributed by atoms with van der Waals surface area (Å²) in [7, 11) is 1.73. The van der Waals surface area contributed by atoms with E-state index in [-0.39, 0.29) is 18.6 Å². The summed E-state index contributed by atoms with van der Waals surface area (Å²) in [5.41, 5.74) is 6.02. The highest BCUT2D eigenvalue weighted by atomic mass is 35.5. The lowest BCUT2D eigenvalue weighted by atomic mass is 9.96. The highest BCUT2D eigenvalue weighted by molar-refractivity contribution is 6.35. The number of benzene rings is 1. The number of nitrogens with two attached hydrogens (primary N) is 1. The van der Waals surface area contributed by atoms with Gasteiger partial charge in [-0.2, -0.15) is 0 Å². The Hall–Kier alpha value is -0.810. The summed E-state index contributed by atoms with van der Waals surface area (Å²) in [6, 6.07) is 5.07. The molecule has 1 fully saturated rings. The molecule has 1 saturated heterocycles. The second-order valence-electron chi connectivity index (χ2n) is 5.22. The fraction of sp³-hybridized carbons (Fsp3) is 0.500. The third-order valence-corrected chi connectivity index (χ3v) is 4.35. The first-order valence-corrected chi connectivity index (χ1v) is 7.19. The van der Waals surface area contributed by atoms with Crippen LogP contribution in [0.3, 0.4) is 0 Å². The van der Waals surface area contributed by atoms with Crippen molar-refractivity contribution in [3.63, 3.8) is 0 Å². The number of carbonyl (C=O) groups excluding carboxylic acids is 1. The number of carbonyl (C=O) groups is 1. The van der Waals surface area contributed by atoms with E-state index in [1.807, 2.05) is 13.0 Å². The van der Waals surface area contributed by atoms with Crippen LogP contribution in [0.5, 0.6) is 0 Å². The molecule has 2 unspecified atom stereocenters. The van der Waals surface area contributed by atoms with Crippen molar-refractivity contribution in [3.05, 3.63) is 33.8 Å². The summed E-state index contributed by atoms with van der Waals surface area (Å²) < 4.78 is 5.24. The molecule has 2 rings (SSSR count). The molecular formula is C14H18Cl2N2O2. The zero-order valence-corrected chi connectivity index (χ0v) is 13.0. The van der Waals surface area contributed by atoms with Crippen molar-refractivity contribution in [1.29, 1.82) is 0 Å². The van der Waals surface area contributed by atoms with Crippen molar-refractivity contribution in [1.82, 2.24) is 4.90 Å². The molecule has 0 spiro atoms. The minimum Gasteiger partial charge on any atom is -0.379 e. The molecule has 1 aliphatic rings. The summed E-state index contributed by atoms with van der Waals surface area (Å²) in [6.07, 6.45) is 0.539. The molecule has 0 saturated carbocycles. The van der Waals surface area contributed by atoms with Gasteiger partial charge in [0.2, 0.25) is 5.91 Å². The highest BCUT2D eigenvalue weighted by Crippen LogP contribution is 2.31. The molecule has 2 N–H and O–H groups in total. The van der Waals surface area contributed by atoms with Gasteiger partial charge in [0.15, 0.2) is 0 Å². The van der Waals surface area contributed by atoms with Gasteiger partial charge in [0, 0.05) is 23.7 Å². The van der Waals surface area contributed by atoms with Gasteiger partial charge in [0.25, 0.3) is 0 Å². The van der Waals surface area contributed by atoms with Gasteiger partial charge in [-0.3, -0.25) is 4.79 Å². The lowest BCUT2D eigenvalue weighted by Gasteiger charge is -2.32. The lowest BCUT2D eigenvalue weighted by molar-refractivity contribution is -0.137. The Balaban J connectivity index is 2.19. The molecule has 1 heterocycles. The minimum atomic E-state index is -0.929. The molecule has 1 aromatic carbocycles. The van der Waals surface area contributed by atoms with Crippen molar-refractivity contribution in [2.24, 2.45) is 5.73 Å². The number of ether oxygens (including phenoxy) is 1. The Morgan fingerprint density at radius 2 is 2.20 bits per heavy atom. The maximum atomic E-state index is 12.5. The summed E-state index contributed by atoms with van der Waals surface area (Å²) >= 11 is 12.1. The summed E-state index contributed by atoms with van der Waals surface area (Å²) in [6.45, 7) is 2.69. The topological polar surface area (TPSA) is 55.6 Å². The maximum Gasteiger partial charge on any atom is 0.245 e. The van der Waals surface area contributed by atoms with Crippen molar-refractivity contribution in [2.75, 3.05) is 20.3 Å². The second kappa shape index (κ2) is 5.90. The van der Waals surface area contributed by atoms with Crippen LogP contribution in [0.25, 0.3) is 0 Å². The van der Waals surface area contributed by atoms with Crippen molar-refractivity contribution in [3.8, 4) is 0 Å². The van der Waals surface area contributed by atoms with Crippen LogP contribution >= 0.6 is 23.2 Å². The van der Waals surface area contributed by atoms with Crippen molar-refractivity contribution in [2.45, 2.75) is 24.9 Å². The van der Waals surface area contributed by atoms with Crippen LogP contribution in [0.4, 0.5) is 0 Å². The van der Waals surface area contributed by atoms with E-state index in [9.17, 15) is 4.79 Å². The van der Waals surface area contributed by atoms with E-state index in [4.69, 9.17) is 33.7 Å². The minimum absolute atomic E-state index is 0.131. The van der Waals surface area contributed by atoms with E-state index in [0.29, 0.717) is 23.1 Å². The normalized spacial score (nSPS) is 23.6. The van der Waals surface area contributed by atoms with Gasteiger partial charge in [-0.15, -0.1) is 0 Å². The fourth-order valence-corrected chi connectivity index (χ4v) is 2.89. The number of halogens is 2. The highest BCUT2D eigenvalue weighted by Gasteiger charge is 2.41. The van der Waals surface area contributed by atoms with Crippen LogP contribution in [-0.2, 0) is 9.53 Å². The summed E-state index contributed by atoms with van der Waals surface area (Å²) in [5, 5.41) is 1.11. The fourth-order valence-electron chi connectivity index (χ4n) is 2.33. The van der Waals surface area contributed by atoms with Gasteiger partial charge >= 0.3 is 0 Å². The average molecular weight is 317 g/mol. The first-order valence-electron chi connectivity index (χ1n) is 6.44. The van der Waals surface area contributed by atoms with Gasteiger partial charge in [0.1, 0.15) is 5.54 Å². The molecule has 0 aliphatic carbocycles. The van der Waals surface area contributed by atoms with Crippen LogP contribution in [0.15, 0.2) is 18.2 Å². The van der Waals surface area contributed by atoms with E-state index in [0.717, 1.165) is 5.56 Å². The third-order valence-electron chi connectivity index (χ3n) is 3.79. The van der Waals surface area contributed by atoms with Gasteiger partial charge in [-0.05, 0) is 31.0 Å². The first-order chi connectivity index (χ1) is 9.35. The molecule has 6 heteroatoms. The molecule has 2 atom stereocenters. The molecule has 20 heavy (non-hydrogen) atoms. The monoisotopic (exact) mass is 316 g/mol. The zero-order valence-electron chi connectivity index (χ0n) is 11.5. The molecule has 0 aromatic heterocycles. The maximum absolute atomic E-state index is 12.5. The van der Waals surface area contributed by atoms with Crippen LogP contribution in [0.2, 0.25) is 10.0 Å². The first kappa shape index (κ1) is 15.6. The summed E-state index contributed by atoms with van der Waals surface area (Å²) in [5.74, 6) is -0.131. The molecule has 1 aliphatic heterocycles. The Kier molecular flexibility index (Phi) is 4.59. The SMILES string of the molecule is CC(c1ccc(Cl)cc1Cl)N(C)C(=O)C1(N)CCOC1. The Labute approximate surface area is 128 Å². The Bertz CT molecular complexity index is 516. The van der Waals surface area contributed by atoms with Crippen molar-refractivity contribution < 1.29 is 9.53 Å². The average Bonchev–Trinajstić information content (AvgIpc) is 2.84. The molecule has 1 aromatic rings. The van der Waals surface area contributed by atoms with Crippen LogP contribution < -0.4 is 5.73 Å². The number of rotatable bonds is 3. The lowest BCUT2D eigenvalue weighted by Crippen LogP contribution is -2.55. The predicted molar refractivity (Wildman–Crippen MR) is 80.0 cm³/mol. The quantitative estimate of drug-likeness (QED) is 0.932. The van der Waals surface area contributed by atoms with Crippen molar-refractivity contribution >= 4 is 29.1 Å². The Morgan fingerprint density at radius 3 is 2.75 bits per heavy atom. The third kappa shape index (κ3) is 2.93. The number of hydrogen-bond acceptors (Lipinski definition) is 3. The van der Waals surface area contributed by atoms with Gasteiger partial charge in [0.05, 0.1) is 12.6 Å². The molecule has 0 bridgehead atoms. The van der Waals surface area contributed by atoms with Gasteiger partial charge in [-0.1, -0.05) is 29.3 Å². The number of nitrogens with zero attached hydrogens (tertiary/aromatic N) is 1. The second-order valence-corrected chi connectivity index (χ2v) is 6.06. The van der Waals surface area contributed by atoms with E-state index in [1.54, 1.807) is 24.1 Å². The van der Waals surface area contributed by atoms with Gasteiger partial charge in [-0.25, -0.2) is 0 Å². The number of amides is 1. The molecule has 4 nitrogen and oxygen atoms in total. The molecule has 0 radical (unpaired) electrons. The Morgan fingerprint density at radius 1 is 1.50 bits per heavy atom. The predicted octanol–water partition coefficient (Wildman–Crippen LogP) is 2.63. The number of likely N-dealkylation sites (N-methyl/N-ethyl adjacent to an activating group) is 1. The zero-order chi connectivity index (χ0) is 14.9. The standard InChI is InChI=1S/C14H18Cl2N2O2/c1-9(11-4-3-10(15)7-12(11)16)18(2)13(19)14(17)5-6-20-8-14/h3-4,7,9H,5-6,8,17H2,1-2H3. The molecule has 1 amide bonds. The van der Waals surface area contributed by atoms with E-state index >= 15 is 0 Å². The smallest absolute Gasteiger partial charge is 0.245 e. The number of hydrogen-bond donors (Lipinski definition) is 1. The van der Waals surface area contributed by atoms with Crippen LogP contribution in [-0.4, -0.2) is 36.6 Å². The largest absolute Gasteiger partial charge is 0.379 e. The van der Waals surface area contributed by atoms with E-state index < -0.39 is 5.54 Å². The van der Waals surface area contributed by atoms with Gasteiger partial charge < -0.3 is 15.4 Å². The summed E-state index contributed by atoms with van der Waals surface area (Å²) in [4.78, 5) is 14.1. The molecule has 110 valence electrons.